The van der Waals surface area contributed by atoms with Crippen molar-refractivity contribution in [1.82, 2.24) is 5.32 Å². The standard InChI is InChI=1S/C11H14N2O4/c1-3-4-12-11(14)8-5-9(13(15)16)7-10(6-8)17-2/h5-7H,3-4H2,1-2H3,(H,12,14). The highest BCUT2D eigenvalue weighted by Gasteiger charge is 2.14. The van der Waals surface area contributed by atoms with Gasteiger partial charge >= 0.3 is 0 Å². The van der Waals surface area contributed by atoms with Gasteiger partial charge in [0.15, 0.2) is 0 Å². The van der Waals surface area contributed by atoms with Gasteiger partial charge in [0.2, 0.25) is 0 Å². The predicted molar refractivity (Wildman–Crippen MR) is 62.3 cm³/mol. The monoisotopic (exact) mass is 238 g/mol. The molecule has 0 saturated heterocycles. The Morgan fingerprint density at radius 1 is 1.47 bits per heavy atom. The van der Waals surface area contributed by atoms with E-state index in [0.717, 1.165) is 6.42 Å². The molecule has 1 rings (SSSR count). The molecule has 0 atom stereocenters. The van der Waals surface area contributed by atoms with Gasteiger partial charge in [0.05, 0.1) is 18.1 Å². The first-order chi connectivity index (χ1) is 8.08. The second-order valence-corrected chi connectivity index (χ2v) is 3.43. The summed E-state index contributed by atoms with van der Waals surface area (Å²) < 4.78 is 4.92. The van der Waals surface area contributed by atoms with E-state index in [0.29, 0.717) is 12.3 Å². The number of nitrogens with one attached hydrogen (secondary N) is 1. The predicted octanol–water partition coefficient (Wildman–Crippen LogP) is 1.74. The molecule has 6 nitrogen and oxygen atoms in total. The highest BCUT2D eigenvalue weighted by Crippen LogP contribution is 2.22. The van der Waals surface area contributed by atoms with Gasteiger partial charge in [-0.2, -0.15) is 0 Å². The van der Waals surface area contributed by atoms with Crippen molar-refractivity contribution < 1.29 is 14.5 Å². The third kappa shape index (κ3) is 3.44. The first kappa shape index (κ1) is 13.0. The van der Waals surface area contributed by atoms with Gasteiger partial charge < -0.3 is 10.1 Å². The van der Waals surface area contributed by atoms with Crippen LogP contribution in [-0.4, -0.2) is 24.5 Å². The molecule has 0 heterocycles. The second-order valence-electron chi connectivity index (χ2n) is 3.43. The van der Waals surface area contributed by atoms with Crippen LogP contribution >= 0.6 is 0 Å². The molecule has 6 heteroatoms. The number of carbonyl (C=O) groups is 1. The molecular formula is C11H14N2O4. The number of non-ortho nitro benzene ring substituents is 1. The van der Waals surface area contributed by atoms with Gasteiger partial charge in [-0.15, -0.1) is 0 Å². The maximum atomic E-state index is 11.7. The summed E-state index contributed by atoms with van der Waals surface area (Å²) in [6.07, 6.45) is 0.803. The van der Waals surface area contributed by atoms with Crippen molar-refractivity contribution in [3.05, 3.63) is 33.9 Å². The van der Waals surface area contributed by atoms with Crippen molar-refractivity contribution in [3.8, 4) is 5.75 Å². The largest absolute Gasteiger partial charge is 0.496 e. The topological polar surface area (TPSA) is 81.5 Å². The van der Waals surface area contributed by atoms with Crippen LogP contribution in [0.2, 0.25) is 0 Å². The molecule has 0 aliphatic heterocycles. The summed E-state index contributed by atoms with van der Waals surface area (Å²) in [5, 5.41) is 13.3. The van der Waals surface area contributed by atoms with E-state index < -0.39 is 4.92 Å². The normalized spacial score (nSPS) is 9.76. The van der Waals surface area contributed by atoms with Crippen molar-refractivity contribution in [2.24, 2.45) is 0 Å². The fourth-order valence-corrected chi connectivity index (χ4v) is 1.28. The highest BCUT2D eigenvalue weighted by molar-refractivity contribution is 5.95. The zero-order valence-corrected chi connectivity index (χ0v) is 9.73. The molecule has 0 saturated carbocycles. The van der Waals surface area contributed by atoms with Crippen LogP contribution in [0.25, 0.3) is 0 Å². The average molecular weight is 238 g/mol. The Hall–Kier alpha value is -2.11. The number of nitro groups is 1. The number of nitrogens with zero attached hydrogens (tertiary/aromatic N) is 1. The van der Waals surface area contributed by atoms with E-state index in [1.54, 1.807) is 0 Å². The highest BCUT2D eigenvalue weighted by atomic mass is 16.6. The Kier molecular flexibility index (Phi) is 4.45. The first-order valence-electron chi connectivity index (χ1n) is 5.20. The molecule has 17 heavy (non-hydrogen) atoms. The lowest BCUT2D eigenvalue weighted by Crippen LogP contribution is -2.24. The lowest BCUT2D eigenvalue weighted by molar-refractivity contribution is -0.385. The Morgan fingerprint density at radius 2 is 2.18 bits per heavy atom. The zero-order valence-electron chi connectivity index (χ0n) is 9.73. The molecule has 1 N–H and O–H groups in total. The van der Waals surface area contributed by atoms with Gasteiger partial charge in [-0.1, -0.05) is 6.92 Å². The third-order valence-corrected chi connectivity index (χ3v) is 2.14. The third-order valence-electron chi connectivity index (χ3n) is 2.14. The molecule has 1 aromatic rings. The van der Waals surface area contributed by atoms with E-state index in [4.69, 9.17) is 4.74 Å². The molecule has 92 valence electrons. The Balaban J connectivity index is 3.02. The molecule has 0 aliphatic carbocycles. The van der Waals surface area contributed by atoms with E-state index >= 15 is 0 Å². The van der Waals surface area contributed by atoms with E-state index in [1.807, 2.05) is 6.92 Å². The quantitative estimate of drug-likeness (QED) is 0.625. The fraction of sp³-hybridized carbons (Fsp3) is 0.364. The van der Waals surface area contributed by atoms with E-state index in [2.05, 4.69) is 5.32 Å². The van der Waals surface area contributed by atoms with Crippen LogP contribution in [0.15, 0.2) is 18.2 Å². The molecule has 0 aliphatic rings. The first-order valence-corrected chi connectivity index (χ1v) is 5.20. The molecule has 0 bridgehead atoms. The number of hydrogen-bond donors (Lipinski definition) is 1. The van der Waals surface area contributed by atoms with Gasteiger partial charge in [-0.3, -0.25) is 14.9 Å². The molecule has 0 aromatic heterocycles. The van der Waals surface area contributed by atoms with Gasteiger partial charge in [0.25, 0.3) is 11.6 Å². The van der Waals surface area contributed by atoms with Gasteiger partial charge in [0.1, 0.15) is 5.75 Å². The number of hydrogen-bond acceptors (Lipinski definition) is 4. The number of ether oxygens (including phenoxy) is 1. The molecular weight excluding hydrogens is 224 g/mol. The van der Waals surface area contributed by atoms with E-state index in [1.165, 1.54) is 25.3 Å². The molecule has 1 amide bonds. The fourth-order valence-electron chi connectivity index (χ4n) is 1.28. The van der Waals surface area contributed by atoms with Crippen LogP contribution in [0.4, 0.5) is 5.69 Å². The molecule has 0 unspecified atom stereocenters. The number of nitro benzene ring substituents is 1. The maximum Gasteiger partial charge on any atom is 0.273 e. The van der Waals surface area contributed by atoms with Crippen LogP contribution in [0.5, 0.6) is 5.75 Å². The summed E-state index contributed by atoms with van der Waals surface area (Å²) >= 11 is 0. The van der Waals surface area contributed by atoms with Gasteiger partial charge in [-0.05, 0) is 12.5 Å². The van der Waals surface area contributed by atoms with Crippen LogP contribution < -0.4 is 10.1 Å². The Morgan fingerprint density at radius 3 is 2.71 bits per heavy atom. The molecule has 0 spiro atoms. The molecule has 1 aromatic carbocycles. The van der Waals surface area contributed by atoms with Crippen molar-refractivity contribution in [2.45, 2.75) is 13.3 Å². The lowest BCUT2D eigenvalue weighted by Gasteiger charge is -2.05. The molecule has 0 fully saturated rings. The minimum atomic E-state index is -0.556. The summed E-state index contributed by atoms with van der Waals surface area (Å²) in [5.41, 5.74) is 0.0653. The number of benzene rings is 1. The molecule has 0 radical (unpaired) electrons. The van der Waals surface area contributed by atoms with E-state index in [-0.39, 0.29) is 17.2 Å². The second kappa shape index (κ2) is 5.83. The zero-order chi connectivity index (χ0) is 12.8. The minimum absolute atomic E-state index is 0.161. The van der Waals surface area contributed by atoms with Crippen molar-refractivity contribution in [2.75, 3.05) is 13.7 Å². The number of carbonyl (C=O) groups excluding carboxylic acids is 1. The number of methoxy groups -OCH3 is 1. The summed E-state index contributed by atoms with van der Waals surface area (Å²) in [6, 6.07) is 3.97. The van der Waals surface area contributed by atoms with Crippen LogP contribution in [-0.2, 0) is 0 Å². The minimum Gasteiger partial charge on any atom is -0.496 e. The summed E-state index contributed by atoms with van der Waals surface area (Å²) in [6.45, 7) is 2.46. The van der Waals surface area contributed by atoms with Crippen LogP contribution in [0.1, 0.15) is 23.7 Å². The van der Waals surface area contributed by atoms with Crippen molar-refractivity contribution in [3.63, 3.8) is 0 Å². The Labute approximate surface area is 98.7 Å². The smallest absolute Gasteiger partial charge is 0.273 e. The van der Waals surface area contributed by atoms with Crippen LogP contribution in [0, 0.1) is 10.1 Å². The van der Waals surface area contributed by atoms with Crippen molar-refractivity contribution >= 4 is 11.6 Å². The lowest BCUT2D eigenvalue weighted by atomic mass is 10.1. The summed E-state index contributed by atoms with van der Waals surface area (Å²) in [5.74, 6) is -0.0466. The van der Waals surface area contributed by atoms with Crippen molar-refractivity contribution in [1.29, 1.82) is 0 Å². The number of rotatable bonds is 5. The number of amides is 1. The Bertz CT molecular complexity index is 431. The average Bonchev–Trinajstić information content (AvgIpc) is 2.35. The summed E-state index contributed by atoms with van der Waals surface area (Å²) in [4.78, 5) is 21.8. The van der Waals surface area contributed by atoms with Gasteiger partial charge in [0, 0.05) is 18.2 Å². The van der Waals surface area contributed by atoms with Gasteiger partial charge in [-0.25, -0.2) is 0 Å². The SMILES string of the molecule is CCCNC(=O)c1cc(OC)cc([N+](=O)[O-])c1. The van der Waals surface area contributed by atoms with E-state index in [9.17, 15) is 14.9 Å². The van der Waals surface area contributed by atoms with Crippen LogP contribution in [0.3, 0.4) is 0 Å². The summed E-state index contributed by atoms with van der Waals surface area (Å²) in [7, 11) is 1.40. The maximum absolute atomic E-state index is 11.7.